The van der Waals surface area contributed by atoms with Gasteiger partial charge >= 0.3 is 0 Å². The Morgan fingerprint density at radius 2 is 1.80 bits per heavy atom. The van der Waals surface area contributed by atoms with Crippen molar-refractivity contribution in [2.24, 2.45) is 5.92 Å². The topological polar surface area (TPSA) is 78.4 Å². The molecule has 0 saturated heterocycles. The molecule has 0 fully saturated rings. The van der Waals surface area contributed by atoms with Crippen molar-refractivity contribution in [1.29, 1.82) is 0 Å². The zero-order valence-corrected chi connectivity index (χ0v) is 9.70. The van der Waals surface area contributed by atoms with Crippen molar-refractivity contribution in [3.05, 3.63) is 0 Å². The molecule has 88 valence electrons. The summed E-state index contributed by atoms with van der Waals surface area (Å²) in [5, 5.41) is 14.1. The minimum Gasteiger partial charge on any atom is -0.392 e. The van der Waals surface area contributed by atoms with Crippen molar-refractivity contribution in [3.63, 3.8) is 0 Å². The smallest absolute Gasteiger partial charge is 0.242 e. The quantitative estimate of drug-likeness (QED) is 0.587. The summed E-state index contributed by atoms with van der Waals surface area (Å²) >= 11 is 0. The molecule has 2 atom stereocenters. The third-order valence-electron chi connectivity index (χ3n) is 1.88. The predicted molar refractivity (Wildman–Crippen MR) is 57.1 cm³/mol. The Morgan fingerprint density at radius 3 is 2.13 bits per heavy atom. The van der Waals surface area contributed by atoms with Crippen LogP contribution < -0.4 is 10.6 Å². The molecule has 0 aliphatic carbocycles. The molecule has 0 radical (unpaired) electrons. The summed E-state index contributed by atoms with van der Waals surface area (Å²) in [6.07, 6.45) is -0.584. The Balaban J connectivity index is 4.23. The van der Waals surface area contributed by atoms with E-state index in [2.05, 4.69) is 10.6 Å². The summed E-state index contributed by atoms with van der Waals surface area (Å²) in [6.45, 7) is 6.85. The Labute approximate surface area is 90.2 Å². The molecule has 1 unspecified atom stereocenters. The lowest BCUT2D eigenvalue weighted by atomic mass is 10.0. The third kappa shape index (κ3) is 6.06. The van der Waals surface area contributed by atoms with Crippen molar-refractivity contribution >= 4 is 11.8 Å². The predicted octanol–water partition coefficient (Wildman–Crippen LogP) is -0.356. The fourth-order valence-corrected chi connectivity index (χ4v) is 1.11. The summed E-state index contributed by atoms with van der Waals surface area (Å²) in [7, 11) is 0. The number of carbonyl (C=O) groups excluding carboxylic acids is 2. The first kappa shape index (κ1) is 13.9. The molecule has 0 rings (SSSR count). The first-order chi connectivity index (χ1) is 6.84. The molecule has 0 heterocycles. The lowest BCUT2D eigenvalue weighted by Crippen LogP contribution is -2.50. The molecule has 2 amide bonds. The molecular weight excluding hydrogens is 196 g/mol. The molecule has 0 spiro atoms. The SMILES string of the molecule is CC(=O)NC(C(=O)NC[C@H](C)O)C(C)C. The summed E-state index contributed by atoms with van der Waals surface area (Å²) in [5.41, 5.74) is 0. The monoisotopic (exact) mass is 216 g/mol. The van der Waals surface area contributed by atoms with Gasteiger partial charge < -0.3 is 15.7 Å². The number of hydrogen-bond acceptors (Lipinski definition) is 3. The largest absolute Gasteiger partial charge is 0.392 e. The zero-order chi connectivity index (χ0) is 12.0. The maximum absolute atomic E-state index is 11.6. The fraction of sp³-hybridized carbons (Fsp3) is 0.800. The van der Waals surface area contributed by atoms with E-state index >= 15 is 0 Å². The summed E-state index contributed by atoms with van der Waals surface area (Å²) in [5.74, 6) is -0.482. The van der Waals surface area contributed by atoms with E-state index in [-0.39, 0.29) is 24.3 Å². The second kappa shape index (κ2) is 6.40. The number of amides is 2. The molecule has 0 saturated carbocycles. The van der Waals surface area contributed by atoms with Gasteiger partial charge in [0.25, 0.3) is 0 Å². The molecule has 15 heavy (non-hydrogen) atoms. The summed E-state index contributed by atoms with van der Waals surface area (Å²) < 4.78 is 0. The molecule has 0 aliphatic heterocycles. The molecular formula is C10H20N2O3. The molecule has 5 nitrogen and oxygen atoms in total. The van der Waals surface area contributed by atoms with Gasteiger partial charge in [0.05, 0.1) is 6.10 Å². The van der Waals surface area contributed by atoms with Gasteiger partial charge in [0, 0.05) is 13.5 Å². The van der Waals surface area contributed by atoms with Crippen molar-refractivity contribution < 1.29 is 14.7 Å². The number of nitrogens with one attached hydrogen (secondary N) is 2. The van der Waals surface area contributed by atoms with Crippen LogP contribution in [0.15, 0.2) is 0 Å². The highest BCUT2D eigenvalue weighted by molar-refractivity contribution is 5.87. The van der Waals surface area contributed by atoms with Crippen LogP contribution in [0.2, 0.25) is 0 Å². The van der Waals surface area contributed by atoms with E-state index < -0.39 is 12.1 Å². The second-order valence-corrected chi connectivity index (χ2v) is 4.02. The lowest BCUT2D eigenvalue weighted by Gasteiger charge is -2.21. The van der Waals surface area contributed by atoms with Crippen LogP contribution in [0.25, 0.3) is 0 Å². The highest BCUT2D eigenvalue weighted by Crippen LogP contribution is 2.01. The van der Waals surface area contributed by atoms with Crippen molar-refractivity contribution in [2.45, 2.75) is 39.8 Å². The van der Waals surface area contributed by atoms with Crippen LogP contribution in [-0.4, -0.2) is 35.6 Å². The van der Waals surface area contributed by atoms with Gasteiger partial charge in [-0.25, -0.2) is 0 Å². The fourth-order valence-electron chi connectivity index (χ4n) is 1.11. The van der Waals surface area contributed by atoms with Gasteiger partial charge in [0.2, 0.25) is 11.8 Å². The highest BCUT2D eigenvalue weighted by Gasteiger charge is 2.22. The number of carbonyl (C=O) groups is 2. The number of aliphatic hydroxyl groups excluding tert-OH is 1. The van der Waals surface area contributed by atoms with Crippen LogP contribution in [0, 0.1) is 5.92 Å². The standard InChI is InChI=1S/C10H20N2O3/c1-6(2)9(12-8(4)14)10(15)11-5-7(3)13/h6-7,9,13H,5H2,1-4H3,(H,11,15)(H,12,14)/t7-,9?/m0/s1. The van der Waals surface area contributed by atoms with Gasteiger partial charge in [-0.1, -0.05) is 13.8 Å². The van der Waals surface area contributed by atoms with Crippen LogP contribution in [-0.2, 0) is 9.59 Å². The van der Waals surface area contributed by atoms with Gasteiger partial charge in [-0.3, -0.25) is 9.59 Å². The second-order valence-electron chi connectivity index (χ2n) is 4.02. The lowest BCUT2D eigenvalue weighted by molar-refractivity contribution is -0.129. The van der Waals surface area contributed by atoms with Crippen molar-refractivity contribution in [1.82, 2.24) is 10.6 Å². The average Bonchev–Trinajstić information content (AvgIpc) is 2.09. The minimum absolute atomic E-state index is 0.0166. The molecule has 0 aromatic rings. The van der Waals surface area contributed by atoms with Crippen LogP contribution in [0.3, 0.4) is 0 Å². The van der Waals surface area contributed by atoms with Crippen molar-refractivity contribution in [3.8, 4) is 0 Å². The first-order valence-electron chi connectivity index (χ1n) is 5.07. The van der Waals surface area contributed by atoms with E-state index in [9.17, 15) is 9.59 Å². The first-order valence-corrected chi connectivity index (χ1v) is 5.07. The van der Waals surface area contributed by atoms with Gasteiger partial charge in [0.1, 0.15) is 6.04 Å². The van der Waals surface area contributed by atoms with E-state index in [4.69, 9.17) is 5.11 Å². The summed E-state index contributed by atoms with van der Waals surface area (Å²) in [6, 6.07) is -0.541. The maximum Gasteiger partial charge on any atom is 0.242 e. The molecule has 0 aromatic heterocycles. The number of hydrogen-bond donors (Lipinski definition) is 3. The van der Waals surface area contributed by atoms with Crippen molar-refractivity contribution in [2.75, 3.05) is 6.54 Å². The van der Waals surface area contributed by atoms with E-state index in [1.807, 2.05) is 13.8 Å². The van der Waals surface area contributed by atoms with Crippen LogP contribution in [0.1, 0.15) is 27.7 Å². The number of rotatable bonds is 5. The van der Waals surface area contributed by atoms with Crippen LogP contribution in [0.5, 0.6) is 0 Å². The number of aliphatic hydroxyl groups is 1. The zero-order valence-electron chi connectivity index (χ0n) is 9.70. The third-order valence-corrected chi connectivity index (χ3v) is 1.88. The Morgan fingerprint density at radius 1 is 1.27 bits per heavy atom. The Kier molecular flexibility index (Phi) is 5.93. The van der Waals surface area contributed by atoms with E-state index in [1.54, 1.807) is 6.92 Å². The van der Waals surface area contributed by atoms with Gasteiger partial charge in [-0.15, -0.1) is 0 Å². The molecule has 0 aliphatic rings. The average molecular weight is 216 g/mol. The Hall–Kier alpha value is -1.10. The minimum atomic E-state index is -0.584. The molecule has 0 aromatic carbocycles. The maximum atomic E-state index is 11.6. The molecule has 3 N–H and O–H groups in total. The van der Waals surface area contributed by atoms with Crippen LogP contribution >= 0.6 is 0 Å². The van der Waals surface area contributed by atoms with E-state index in [0.717, 1.165) is 0 Å². The normalized spacial score (nSPS) is 14.5. The van der Waals surface area contributed by atoms with Gasteiger partial charge in [-0.2, -0.15) is 0 Å². The van der Waals surface area contributed by atoms with E-state index in [1.165, 1.54) is 6.92 Å². The molecule has 0 bridgehead atoms. The van der Waals surface area contributed by atoms with E-state index in [0.29, 0.717) is 0 Å². The Bertz CT molecular complexity index is 227. The molecule has 5 heteroatoms. The van der Waals surface area contributed by atoms with Gasteiger partial charge in [0.15, 0.2) is 0 Å². The van der Waals surface area contributed by atoms with Gasteiger partial charge in [-0.05, 0) is 12.8 Å². The highest BCUT2D eigenvalue weighted by atomic mass is 16.3. The van der Waals surface area contributed by atoms with Crippen LogP contribution in [0.4, 0.5) is 0 Å². The summed E-state index contributed by atoms with van der Waals surface area (Å²) in [4.78, 5) is 22.4.